The van der Waals surface area contributed by atoms with Crippen molar-refractivity contribution in [2.45, 2.75) is 10.4 Å². The molecule has 0 saturated carbocycles. The summed E-state index contributed by atoms with van der Waals surface area (Å²) in [6.45, 7) is -0.331. The molecule has 0 unspecified atom stereocenters. The maximum absolute atomic E-state index is 12.6. The van der Waals surface area contributed by atoms with Gasteiger partial charge in [-0.25, -0.2) is 13.2 Å². The molecule has 0 fully saturated rings. The summed E-state index contributed by atoms with van der Waals surface area (Å²) >= 11 is 0. The number of benzene rings is 2. The zero-order valence-corrected chi connectivity index (χ0v) is 16.0. The zero-order valence-electron chi connectivity index (χ0n) is 15.2. The van der Waals surface area contributed by atoms with E-state index >= 15 is 0 Å². The Balaban J connectivity index is 2.05. The summed E-state index contributed by atoms with van der Waals surface area (Å²) in [6.07, 6.45) is 0. The van der Waals surface area contributed by atoms with E-state index in [1.165, 1.54) is 31.4 Å². The highest BCUT2D eigenvalue weighted by Crippen LogP contribution is 2.35. The maximum Gasteiger partial charge on any atom is 0.501 e. The van der Waals surface area contributed by atoms with E-state index in [-0.39, 0.29) is 19.3 Å². The van der Waals surface area contributed by atoms with Crippen molar-refractivity contribution in [2.75, 3.05) is 20.3 Å². The van der Waals surface area contributed by atoms with Gasteiger partial charge < -0.3 is 14.2 Å². The van der Waals surface area contributed by atoms with E-state index in [2.05, 4.69) is 4.74 Å². The quantitative estimate of drug-likeness (QED) is 0.261. The highest BCUT2D eigenvalue weighted by Gasteiger charge is 2.47. The van der Waals surface area contributed by atoms with Crippen molar-refractivity contribution in [3.63, 3.8) is 0 Å². The topological polar surface area (TPSA) is 122 Å². The first-order valence-corrected chi connectivity index (χ1v) is 9.49. The molecule has 0 heterocycles. The normalized spacial score (nSPS) is 11.6. The second-order valence-corrected chi connectivity index (χ2v) is 7.49. The highest BCUT2D eigenvalue weighted by atomic mass is 32.2. The van der Waals surface area contributed by atoms with Crippen molar-refractivity contribution in [1.29, 1.82) is 0 Å². The average molecular weight is 449 g/mol. The Hall–Kier alpha value is -3.35. The fraction of sp³-hybridized carbons (Fsp3) is 0.235. The van der Waals surface area contributed by atoms with E-state index in [1.54, 1.807) is 0 Å². The van der Waals surface area contributed by atoms with Crippen molar-refractivity contribution in [2.24, 2.45) is 0 Å². The number of rotatable bonds is 8. The number of hydrogen-bond donors (Lipinski definition) is 0. The molecule has 2 aromatic rings. The Labute approximate surface area is 168 Å². The third kappa shape index (κ3) is 5.17. The summed E-state index contributed by atoms with van der Waals surface area (Å²) in [5.41, 5.74) is -6.24. The first-order valence-electron chi connectivity index (χ1n) is 8.01. The molecule has 13 heteroatoms. The molecule has 0 N–H and O–H groups in total. The van der Waals surface area contributed by atoms with Crippen molar-refractivity contribution in [3.05, 3.63) is 58.1 Å². The molecule has 9 nitrogen and oxygen atoms in total. The predicted octanol–water partition coefficient (Wildman–Crippen LogP) is 3.13. The number of nitro benzene ring substituents is 1. The molecule has 0 aliphatic carbocycles. The Morgan fingerprint density at radius 1 is 1.07 bits per heavy atom. The van der Waals surface area contributed by atoms with Gasteiger partial charge in [0.15, 0.2) is 5.75 Å². The number of nitro groups is 1. The molecule has 0 amide bonds. The third-order valence-electron chi connectivity index (χ3n) is 3.63. The zero-order chi connectivity index (χ0) is 22.5. The van der Waals surface area contributed by atoms with Gasteiger partial charge in [0.05, 0.1) is 22.5 Å². The molecule has 0 aromatic heterocycles. The van der Waals surface area contributed by atoms with Gasteiger partial charge in [-0.15, -0.1) is 0 Å². The van der Waals surface area contributed by atoms with Gasteiger partial charge in [-0.3, -0.25) is 10.1 Å². The number of alkyl halides is 3. The van der Waals surface area contributed by atoms with E-state index in [1.807, 2.05) is 0 Å². The van der Waals surface area contributed by atoms with Crippen LogP contribution in [-0.2, 0) is 14.6 Å². The first-order chi connectivity index (χ1) is 14.0. The third-order valence-corrected chi connectivity index (χ3v) is 5.11. The van der Waals surface area contributed by atoms with Crippen LogP contribution in [0, 0.1) is 10.1 Å². The minimum absolute atomic E-state index is 0.0999. The summed E-state index contributed by atoms with van der Waals surface area (Å²) in [4.78, 5) is 20.1. The molecule has 0 saturated heterocycles. The number of sulfone groups is 1. The van der Waals surface area contributed by atoms with Crippen molar-refractivity contribution in [1.82, 2.24) is 0 Å². The summed E-state index contributed by atoms with van der Waals surface area (Å²) in [5, 5.41) is 11.1. The van der Waals surface area contributed by atoms with Crippen LogP contribution in [0.15, 0.2) is 47.4 Å². The summed E-state index contributed by atoms with van der Waals surface area (Å²) in [5.74, 6) is -0.605. The van der Waals surface area contributed by atoms with Crippen LogP contribution in [0.1, 0.15) is 10.4 Å². The second kappa shape index (κ2) is 8.98. The Bertz CT molecular complexity index is 1040. The molecule has 162 valence electrons. The molecule has 2 aromatic carbocycles. The minimum Gasteiger partial charge on any atom is -0.490 e. The van der Waals surface area contributed by atoms with Crippen LogP contribution in [0.2, 0.25) is 0 Å². The lowest BCUT2D eigenvalue weighted by Crippen LogP contribution is -2.23. The molecule has 0 aliphatic rings. The Morgan fingerprint density at radius 3 is 2.20 bits per heavy atom. The number of esters is 1. The van der Waals surface area contributed by atoms with E-state index in [0.717, 1.165) is 6.07 Å². The predicted molar refractivity (Wildman–Crippen MR) is 95.1 cm³/mol. The molecular formula is C17H14F3NO8S. The number of carbonyl (C=O) groups is 1. The van der Waals surface area contributed by atoms with Gasteiger partial charge in [-0.1, -0.05) is 0 Å². The average Bonchev–Trinajstić information content (AvgIpc) is 2.70. The largest absolute Gasteiger partial charge is 0.501 e. The second-order valence-electron chi connectivity index (χ2n) is 5.55. The van der Waals surface area contributed by atoms with Crippen LogP contribution in [0.3, 0.4) is 0 Å². The molecule has 0 radical (unpaired) electrons. The smallest absolute Gasteiger partial charge is 0.490 e. The fourth-order valence-electron chi connectivity index (χ4n) is 2.18. The van der Waals surface area contributed by atoms with Crippen LogP contribution >= 0.6 is 0 Å². The van der Waals surface area contributed by atoms with E-state index in [0.29, 0.717) is 17.4 Å². The van der Waals surface area contributed by atoms with Gasteiger partial charge >= 0.3 is 17.2 Å². The number of methoxy groups -OCH3 is 1. The lowest BCUT2D eigenvalue weighted by molar-refractivity contribution is -0.386. The standard InChI is InChI=1S/C17H14F3NO8S/c1-27-16(22)11-2-4-12(5-3-11)28-8-9-29-15-7-6-13(10-14(15)21(23)24)30(25,26)17(18,19)20/h2-7,10H,8-9H2,1H3. The Morgan fingerprint density at radius 2 is 1.67 bits per heavy atom. The molecule has 2 rings (SSSR count). The molecular weight excluding hydrogens is 435 g/mol. The molecule has 30 heavy (non-hydrogen) atoms. The lowest BCUT2D eigenvalue weighted by atomic mass is 10.2. The number of hydrogen-bond acceptors (Lipinski definition) is 8. The van der Waals surface area contributed by atoms with Crippen molar-refractivity contribution < 1.29 is 45.5 Å². The van der Waals surface area contributed by atoms with Crippen LogP contribution in [0.4, 0.5) is 18.9 Å². The minimum atomic E-state index is -5.74. The van der Waals surface area contributed by atoms with Gasteiger partial charge in [-0.05, 0) is 36.4 Å². The molecule has 0 bridgehead atoms. The SMILES string of the molecule is COC(=O)c1ccc(OCCOc2ccc(S(=O)(=O)C(F)(F)F)cc2[N+](=O)[O-])cc1. The van der Waals surface area contributed by atoms with Crippen LogP contribution < -0.4 is 9.47 Å². The monoisotopic (exact) mass is 449 g/mol. The van der Waals surface area contributed by atoms with Gasteiger partial charge in [0.1, 0.15) is 19.0 Å². The van der Waals surface area contributed by atoms with Crippen molar-refractivity contribution in [3.8, 4) is 11.5 Å². The van der Waals surface area contributed by atoms with Gasteiger partial charge in [0, 0.05) is 6.07 Å². The highest BCUT2D eigenvalue weighted by molar-refractivity contribution is 7.92. The maximum atomic E-state index is 12.6. The lowest BCUT2D eigenvalue weighted by Gasteiger charge is -2.11. The number of halogens is 3. The molecule has 0 spiro atoms. The van der Waals surface area contributed by atoms with Gasteiger partial charge in [-0.2, -0.15) is 13.2 Å². The van der Waals surface area contributed by atoms with Gasteiger partial charge in [0.2, 0.25) is 0 Å². The van der Waals surface area contributed by atoms with Crippen molar-refractivity contribution >= 4 is 21.5 Å². The number of ether oxygens (including phenoxy) is 3. The van der Waals surface area contributed by atoms with Gasteiger partial charge in [0.25, 0.3) is 9.84 Å². The number of nitrogens with zero attached hydrogens (tertiary/aromatic N) is 1. The van der Waals surface area contributed by atoms with E-state index in [9.17, 15) is 36.5 Å². The summed E-state index contributed by atoms with van der Waals surface area (Å²) < 4.78 is 75.7. The fourth-order valence-corrected chi connectivity index (χ4v) is 2.96. The van der Waals surface area contributed by atoms with Crippen LogP contribution in [-0.4, -0.2) is 45.1 Å². The van der Waals surface area contributed by atoms with E-state index in [4.69, 9.17) is 9.47 Å². The molecule has 0 aliphatic heterocycles. The van der Waals surface area contributed by atoms with Crippen LogP contribution in [0.25, 0.3) is 0 Å². The number of carbonyl (C=O) groups excluding carboxylic acids is 1. The van der Waals surface area contributed by atoms with E-state index < -0.39 is 42.6 Å². The summed E-state index contributed by atoms with van der Waals surface area (Å²) in [6, 6.07) is 7.47. The first kappa shape index (κ1) is 22.9. The van der Waals surface area contributed by atoms with Crippen LogP contribution in [0.5, 0.6) is 11.5 Å². The summed E-state index contributed by atoms with van der Waals surface area (Å²) in [7, 11) is -4.51. The molecule has 0 atom stereocenters. The Kier molecular flexibility index (Phi) is 6.87.